The topological polar surface area (TPSA) is 95.9 Å². The molecule has 0 saturated carbocycles. The molecule has 2 aromatic rings. The van der Waals surface area contributed by atoms with Crippen molar-refractivity contribution in [2.24, 2.45) is 0 Å². The Labute approximate surface area is 156 Å². The first-order valence-corrected chi connectivity index (χ1v) is 8.36. The molecule has 0 radical (unpaired) electrons. The van der Waals surface area contributed by atoms with Crippen molar-refractivity contribution in [3.63, 3.8) is 0 Å². The van der Waals surface area contributed by atoms with Crippen molar-refractivity contribution in [2.45, 2.75) is 12.5 Å². The fourth-order valence-electron chi connectivity index (χ4n) is 2.81. The van der Waals surface area contributed by atoms with Gasteiger partial charge in [0.2, 0.25) is 0 Å². The van der Waals surface area contributed by atoms with Crippen LogP contribution in [0.5, 0.6) is 11.5 Å². The minimum Gasteiger partial charge on any atom is -0.508 e. The van der Waals surface area contributed by atoms with Gasteiger partial charge in [-0.15, -0.1) is 0 Å². The van der Waals surface area contributed by atoms with E-state index in [0.29, 0.717) is 5.75 Å². The molecule has 3 rings (SSSR count). The number of phenolic OH excluding ortho intramolecular Hbond substituents is 1. The molecule has 1 heterocycles. The number of allylic oxidation sites excluding steroid dienone is 1. The monoisotopic (exact) mass is 365 g/mol. The highest BCUT2D eigenvalue weighted by Crippen LogP contribution is 2.20. The van der Waals surface area contributed by atoms with Crippen LogP contribution >= 0.6 is 0 Å². The van der Waals surface area contributed by atoms with Crippen LogP contribution in [0.25, 0.3) is 6.08 Å². The zero-order valence-electron chi connectivity index (χ0n) is 14.7. The molecule has 0 bridgehead atoms. The first-order chi connectivity index (χ1) is 13.0. The Morgan fingerprint density at radius 3 is 2.41 bits per heavy atom. The zero-order chi connectivity index (χ0) is 19.4. The van der Waals surface area contributed by atoms with Crippen molar-refractivity contribution < 1.29 is 24.5 Å². The minimum atomic E-state index is -0.742. The number of carbonyl (C=O) groups is 2. The maximum absolute atomic E-state index is 12.5. The number of benzene rings is 2. The fourth-order valence-corrected chi connectivity index (χ4v) is 2.81. The van der Waals surface area contributed by atoms with Crippen LogP contribution in [0.2, 0.25) is 0 Å². The average Bonchev–Trinajstić information content (AvgIpc) is 2.95. The van der Waals surface area contributed by atoms with Gasteiger partial charge in [-0.2, -0.15) is 0 Å². The predicted molar refractivity (Wildman–Crippen MR) is 100 cm³/mol. The summed E-state index contributed by atoms with van der Waals surface area (Å²) in [6, 6.07) is 12.8. The van der Waals surface area contributed by atoms with Gasteiger partial charge >= 0.3 is 0 Å². The number of hydrogen-bond donors (Lipinski definition) is 3. The molecule has 0 spiro atoms. The van der Waals surface area contributed by atoms with E-state index >= 15 is 0 Å². The highest BCUT2D eigenvalue weighted by Gasteiger charge is 2.37. The molecule has 1 aliphatic rings. The molecule has 0 unspecified atom stereocenters. The summed E-state index contributed by atoms with van der Waals surface area (Å²) in [5.74, 6) is -0.591. The van der Waals surface area contributed by atoms with Crippen molar-refractivity contribution in [1.82, 2.24) is 5.32 Å². The number of methoxy groups -OCH3 is 1. The number of phenols is 1. The van der Waals surface area contributed by atoms with Crippen LogP contribution < -0.4 is 10.1 Å². The summed E-state index contributed by atoms with van der Waals surface area (Å²) >= 11 is 0. The lowest BCUT2D eigenvalue weighted by molar-refractivity contribution is -0.117. The Kier molecular flexibility index (Phi) is 5.26. The van der Waals surface area contributed by atoms with E-state index in [4.69, 9.17) is 4.74 Å². The van der Waals surface area contributed by atoms with E-state index in [2.05, 4.69) is 5.32 Å². The predicted octanol–water partition coefficient (Wildman–Crippen LogP) is 2.54. The van der Waals surface area contributed by atoms with Gasteiger partial charge in [0, 0.05) is 6.42 Å². The van der Waals surface area contributed by atoms with E-state index in [0.717, 1.165) is 11.1 Å². The van der Waals surface area contributed by atoms with Gasteiger partial charge in [0.15, 0.2) is 5.78 Å². The van der Waals surface area contributed by atoms with E-state index in [1.807, 2.05) is 0 Å². The molecule has 0 aliphatic carbocycles. The highest BCUT2D eigenvalue weighted by molar-refractivity contribution is 6.27. The first-order valence-electron chi connectivity index (χ1n) is 8.36. The van der Waals surface area contributed by atoms with Crippen LogP contribution in [0.4, 0.5) is 0 Å². The summed E-state index contributed by atoms with van der Waals surface area (Å²) < 4.78 is 5.08. The molecular weight excluding hydrogens is 346 g/mol. The van der Waals surface area contributed by atoms with Crippen molar-refractivity contribution in [1.29, 1.82) is 0 Å². The summed E-state index contributed by atoms with van der Waals surface area (Å²) in [5.41, 5.74) is 1.33. The second-order valence-corrected chi connectivity index (χ2v) is 6.13. The second kappa shape index (κ2) is 7.78. The molecule has 0 aromatic heterocycles. The van der Waals surface area contributed by atoms with Gasteiger partial charge in [-0.3, -0.25) is 9.59 Å². The molecule has 2 aromatic carbocycles. The lowest BCUT2D eigenvalue weighted by Gasteiger charge is -2.08. The summed E-state index contributed by atoms with van der Waals surface area (Å²) in [6.45, 7) is 0. The van der Waals surface area contributed by atoms with Gasteiger partial charge in [-0.25, -0.2) is 0 Å². The van der Waals surface area contributed by atoms with Crippen LogP contribution in [0.1, 0.15) is 11.1 Å². The smallest absolute Gasteiger partial charge is 0.259 e. The number of aliphatic hydroxyl groups is 1. The van der Waals surface area contributed by atoms with Gasteiger partial charge < -0.3 is 20.3 Å². The molecule has 1 atom stereocenters. The first kappa shape index (κ1) is 18.3. The molecule has 3 N–H and O–H groups in total. The third kappa shape index (κ3) is 4.17. The summed E-state index contributed by atoms with van der Waals surface area (Å²) in [5, 5.41) is 22.1. The summed E-state index contributed by atoms with van der Waals surface area (Å²) in [7, 11) is 1.57. The third-order valence-corrected chi connectivity index (χ3v) is 4.28. The summed E-state index contributed by atoms with van der Waals surface area (Å²) in [6.07, 6.45) is 3.22. The average molecular weight is 365 g/mol. The number of aromatic hydroxyl groups is 1. The van der Waals surface area contributed by atoms with Crippen LogP contribution in [-0.4, -0.2) is 35.1 Å². The summed E-state index contributed by atoms with van der Waals surface area (Å²) in [4.78, 5) is 24.7. The molecule has 138 valence electrons. The second-order valence-electron chi connectivity index (χ2n) is 6.13. The Morgan fingerprint density at radius 2 is 1.78 bits per heavy atom. The Hall–Kier alpha value is -3.54. The Bertz CT molecular complexity index is 911. The number of rotatable bonds is 5. The maximum atomic E-state index is 12.5. The number of hydrogen-bond acceptors (Lipinski definition) is 5. The van der Waals surface area contributed by atoms with Gasteiger partial charge in [0.05, 0.1) is 13.2 Å². The molecule has 1 saturated heterocycles. The Balaban J connectivity index is 1.75. The molecule has 1 fully saturated rings. The van der Waals surface area contributed by atoms with Crippen molar-refractivity contribution in [2.75, 3.05) is 7.11 Å². The van der Waals surface area contributed by atoms with Crippen LogP contribution in [-0.2, 0) is 16.0 Å². The number of carbonyl (C=O) groups excluding carboxylic acids is 2. The standard InChI is InChI=1S/C21H19NO5/c1-27-16-9-4-13(5-10-16)6-11-18(24)19-20(25)17(22-21(19)26)12-14-2-7-15(23)8-3-14/h2-11,17,23-24H,12H2,1H3,(H,22,26)/b11-6+,19-18-/t17-/m0/s1. The molecule has 6 heteroatoms. The Morgan fingerprint density at radius 1 is 1.11 bits per heavy atom. The van der Waals surface area contributed by atoms with E-state index in [9.17, 15) is 19.8 Å². The van der Waals surface area contributed by atoms with Crippen molar-refractivity contribution in [3.8, 4) is 11.5 Å². The van der Waals surface area contributed by atoms with Gasteiger partial charge in [-0.1, -0.05) is 30.3 Å². The number of nitrogens with one attached hydrogen (secondary N) is 1. The highest BCUT2D eigenvalue weighted by atomic mass is 16.5. The van der Waals surface area contributed by atoms with E-state index in [-0.39, 0.29) is 23.5 Å². The minimum absolute atomic E-state index is 0.127. The number of ether oxygens (including phenoxy) is 1. The van der Waals surface area contributed by atoms with Gasteiger partial charge in [-0.05, 0) is 41.5 Å². The molecular formula is C21H19NO5. The van der Waals surface area contributed by atoms with Gasteiger partial charge in [0.25, 0.3) is 5.91 Å². The molecule has 6 nitrogen and oxygen atoms in total. The van der Waals surface area contributed by atoms with Crippen LogP contribution in [0, 0.1) is 0 Å². The van der Waals surface area contributed by atoms with E-state index in [1.54, 1.807) is 49.6 Å². The van der Waals surface area contributed by atoms with Crippen molar-refractivity contribution in [3.05, 3.63) is 77.1 Å². The van der Waals surface area contributed by atoms with E-state index in [1.165, 1.54) is 18.2 Å². The third-order valence-electron chi connectivity index (χ3n) is 4.28. The van der Waals surface area contributed by atoms with Crippen LogP contribution in [0.3, 0.4) is 0 Å². The normalized spacial score (nSPS) is 18.6. The molecule has 1 aliphatic heterocycles. The maximum Gasteiger partial charge on any atom is 0.259 e. The SMILES string of the molecule is COc1ccc(/C=C/C(O)=C2/C(=O)N[C@@H](Cc3ccc(O)cc3)C2=O)cc1. The van der Waals surface area contributed by atoms with Gasteiger partial charge in [0.1, 0.15) is 22.8 Å². The largest absolute Gasteiger partial charge is 0.508 e. The van der Waals surface area contributed by atoms with Crippen molar-refractivity contribution >= 4 is 17.8 Å². The zero-order valence-corrected chi connectivity index (χ0v) is 14.7. The number of ketones is 1. The van der Waals surface area contributed by atoms with E-state index < -0.39 is 17.7 Å². The molecule has 27 heavy (non-hydrogen) atoms. The quantitative estimate of drug-likeness (QED) is 0.430. The van der Waals surface area contributed by atoms with Crippen LogP contribution in [0.15, 0.2) is 65.9 Å². The lowest BCUT2D eigenvalue weighted by Crippen LogP contribution is -2.31. The molecule has 1 amide bonds. The number of Topliss-reactive ketones (excluding diaryl/α,β-unsaturated/α-hetero) is 1. The lowest BCUT2D eigenvalue weighted by atomic mass is 10.0. The number of amides is 1. The fraction of sp³-hybridized carbons (Fsp3) is 0.143. The number of aliphatic hydroxyl groups excluding tert-OH is 1.